The first-order valence-corrected chi connectivity index (χ1v) is 4.15. The van der Waals surface area contributed by atoms with Crippen molar-refractivity contribution in [3.63, 3.8) is 0 Å². The van der Waals surface area contributed by atoms with Gasteiger partial charge in [0.1, 0.15) is 11.8 Å². The van der Waals surface area contributed by atoms with Gasteiger partial charge in [0.05, 0.1) is 18.7 Å². The van der Waals surface area contributed by atoms with Crippen molar-refractivity contribution in [1.29, 1.82) is 5.26 Å². The van der Waals surface area contributed by atoms with Gasteiger partial charge in [0, 0.05) is 5.56 Å². The number of hydrogen-bond donors (Lipinski definition) is 0. The zero-order valence-corrected chi connectivity index (χ0v) is 8.06. The smallest absolute Gasteiger partial charge is 0.126 e. The molecule has 1 rings (SSSR count). The number of para-hydroxylation sites is 1. The third-order valence-electron chi connectivity index (χ3n) is 1.78. The summed E-state index contributed by atoms with van der Waals surface area (Å²) < 4.78 is 5.00. The predicted molar refractivity (Wildman–Crippen MR) is 51.6 cm³/mol. The normalized spacial score (nSPS) is 10.5. The van der Waals surface area contributed by atoms with E-state index in [1.165, 1.54) is 13.2 Å². The highest BCUT2D eigenvalue weighted by atomic mass is 16.5. The van der Waals surface area contributed by atoms with Gasteiger partial charge in [0.25, 0.3) is 0 Å². The molecule has 4 heteroatoms. The summed E-state index contributed by atoms with van der Waals surface area (Å²) in [6.07, 6.45) is 1.22. The Morgan fingerprint density at radius 2 is 2.20 bits per heavy atom. The van der Waals surface area contributed by atoms with Crippen LogP contribution in [0.3, 0.4) is 0 Å². The molecule has 1 aromatic rings. The van der Waals surface area contributed by atoms with E-state index in [1.54, 1.807) is 30.3 Å². The number of hydrogen-bond acceptors (Lipinski definition) is 4. The van der Waals surface area contributed by atoms with Crippen LogP contribution in [0.15, 0.2) is 29.8 Å². The molecule has 0 fully saturated rings. The van der Waals surface area contributed by atoms with Crippen molar-refractivity contribution in [1.82, 2.24) is 0 Å². The number of carbonyl (C=O) groups excluding carboxylic acids is 1. The van der Waals surface area contributed by atoms with Gasteiger partial charge >= 0.3 is 0 Å². The first kappa shape index (κ1) is 10.8. The van der Waals surface area contributed by atoms with E-state index in [4.69, 9.17) is 10.00 Å². The molecule has 0 aromatic heterocycles. The van der Waals surface area contributed by atoms with E-state index in [1.807, 2.05) is 0 Å². The Bertz CT molecular complexity index is 443. The van der Waals surface area contributed by atoms with Crippen molar-refractivity contribution in [3.05, 3.63) is 35.4 Å². The molecule has 0 atom stereocenters. The van der Waals surface area contributed by atoms with Crippen molar-refractivity contribution in [3.8, 4) is 11.8 Å². The van der Waals surface area contributed by atoms with Gasteiger partial charge in [-0.15, -0.1) is 0 Å². The maximum Gasteiger partial charge on any atom is 0.126 e. The highest BCUT2D eigenvalue weighted by Gasteiger charge is 2.01. The lowest BCUT2D eigenvalue weighted by Crippen LogP contribution is -2.23. The molecule has 0 aliphatic rings. The number of benzene rings is 1. The first-order chi connectivity index (χ1) is 7.19. The maximum absolute atomic E-state index is 10.5. The molecule has 0 N–H and O–H groups in total. The van der Waals surface area contributed by atoms with E-state index in [-0.39, 0.29) is 0 Å². The van der Waals surface area contributed by atoms with E-state index in [0.717, 1.165) is 0 Å². The number of rotatable bonds is 3. The summed E-state index contributed by atoms with van der Waals surface area (Å²) in [5.74, 6) is -0.991. The maximum atomic E-state index is 10.5. The van der Waals surface area contributed by atoms with Crippen molar-refractivity contribution in [2.45, 2.75) is 0 Å². The highest BCUT2D eigenvalue weighted by molar-refractivity contribution is 5.95. The Kier molecular flexibility index (Phi) is 3.47. The van der Waals surface area contributed by atoms with Crippen LogP contribution in [0.5, 0.6) is 5.75 Å². The Morgan fingerprint density at radius 1 is 1.53 bits per heavy atom. The second-order valence-corrected chi connectivity index (χ2v) is 2.70. The minimum absolute atomic E-state index is 0.431. The van der Waals surface area contributed by atoms with Gasteiger partial charge in [-0.05, 0) is 12.1 Å². The summed E-state index contributed by atoms with van der Waals surface area (Å²) >= 11 is 0. The molecular formula is C11H8NO3-. The molecule has 0 radical (unpaired) electrons. The van der Waals surface area contributed by atoms with Crippen LogP contribution in [-0.4, -0.2) is 13.1 Å². The third-order valence-corrected chi connectivity index (χ3v) is 1.78. The van der Waals surface area contributed by atoms with Gasteiger partial charge in [0.2, 0.25) is 0 Å². The minimum Gasteiger partial charge on any atom is -0.544 e. The lowest BCUT2D eigenvalue weighted by Gasteiger charge is -2.05. The Morgan fingerprint density at radius 3 is 2.73 bits per heavy atom. The first-order valence-electron chi connectivity index (χ1n) is 4.15. The van der Waals surface area contributed by atoms with Crippen LogP contribution in [0.2, 0.25) is 0 Å². The molecule has 0 aliphatic carbocycles. The van der Waals surface area contributed by atoms with E-state index < -0.39 is 11.5 Å². The molecule has 15 heavy (non-hydrogen) atoms. The average molecular weight is 202 g/mol. The molecular weight excluding hydrogens is 194 g/mol. The van der Waals surface area contributed by atoms with E-state index in [9.17, 15) is 9.90 Å². The number of ether oxygens (including phenoxy) is 1. The largest absolute Gasteiger partial charge is 0.544 e. The second-order valence-electron chi connectivity index (χ2n) is 2.70. The van der Waals surface area contributed by atoms with Gasteiger partial charge in [-0.2, -0.15) is 5.26 Å². The van der Waals surface area contributed by atoms with E-state index in [2.05, 4.69) is 0 Å². The topological polar surface area (TPSA) is 73.1 Å². The third kappa shape index (κ3) is 2.58. The molecule has 0 unspecified atom stereocenters. The van der Waals surface area contributed by atoms with Crippen LogP contribution in [0.4, 0.5) is 0 Å². The molecule has 0 amide bonds. The molecule has 0 saturated heterocycles. The number of carbonyl (C=O) groups is 1. The summed E-state index contributed by atoms with van der Waals surface area (Å²) in [6, 6.07) is 8.35. The molecule has 0 aliphatic heterocycles. The monoisotopic (exact) mass is 202 g/mol. The molecule has 0 heterocycles. The van der Waals surface area contributed by atoms with Gasteiger partial charge < -0.3 is 14.6 Å². The Balaban J connectivity index is 3.18. The minimum atomic E-state index is -1.50. The lowest BCUT2D eigenvalue weighted by molar-refractivity contribution is -0.298. The van der Waals surface area contributed by atoms with Crippen molar-refractivity contribution in [2.75, 3.05) is 7.11 Å². The Labute approximate surface area is 87.0 Å². The van der Waals surface area contributed by atoms with Gasteiger partial charge in [-0.1, -0.05) is 18.2 Å². The summed E-state index contributed by atoms with van der Waals surface area (Å²) in [5.41, 5.74) is 0.0975. The molecule has 0 bridgehead atoms. The average Bonchev–Trinajstić information content (AvgIpc) is 2.25. The van der Waals surface area contributed by atoms with Crippen LogP contribution in [0, 0.1) is 11.3 Å². The van der Waals surface area contributed by atoms with Gasteiger partial charge in [0.15, 0.2) is 0 Å². The fourth-order valence-corrected chi connectivity index (χ4v) is 1.08. The molecule has 0 spiro atoms. The van der Waals surface area contributed by atoms with Crippen LogP contribution in [0.25, 0.3) is 6.08 Å². The van der Waals surface area contributed by atoms with Crippen molar-refractivity contribution < 1.29 is 14.6 Å². The number of methoxy groups -OCH3 is 1. The second kappa shape index (κ2) is 4.82. The van der Waals surface area contributed by atoms with Crippen molar-refractivity contribution >= 4 is 12.0 Å². The summed E-state index contributed by atoms with van der Waals surface area (Å²) in [6.45, 7) is 0. The zero-order chi connectivity index (χ0) is 11.3. The van der Waals surface area contributed by atoms with Crippen LogP contribution >= 0.6 is 0 Å². The fraction of sp³-hybridized carbons (Fsp3) is 0.0909. The number of carboxylic acids is 1. The lowest BCUT2D eigenvalue weighted by atomic mass is 10.1. The Hall–Kier alpha value is -2.28. The molecule has 1 aromatic carbocycles. The molecule has 0 saturated carbocycles. The number of aliphatic carboxylic acids is 1. The standard InChI is InChI=1S/C11H9NO3/c1-15-10-5-3-2-4-8(10)6-9(7-12)11(13)14/h2-6H,1H3,(H,13,14)/p-1/b9-6+. The van der Waals surface area contributed by atoms with Gasteiger partial charge in [-0.3, -0.25) is 0 Å². The summed E-state index contributed by atoms with van der Waals surface area (Å²) in [7, 11) is 1.47. The molecule has 4 nitrogen and oxygen atoms in total. The predicted octanol–water partition coefficient (Wildman–Crippen LogP) is 0.352. The fourth-order valence-electron chi connectivity index (χ4n) is 1.08. The van der Waals surface area contributed by atoms with E-state index in [0.29, 0.717) is 11.3 Å². The van der Waals surface area contributed by atoms with Crippen LogP contribution in [0.1, 0.15) is 5.56 Å². The molecule has 76 valence electrons. The quantitative estimate of drug-likeness (QED) is 0.523. The highest BCUT2D eigenvalue weighted by Crippen LogP contribution is 2.19. The van der Waals surface area contributed by atoms with E-state index >= 15 is 0 Å². The van der Waals surface area contributed by atoms with Gasteiger partial charge in [-0.25, -0.2) is 0 Å². The number of carboxylic acid groups (broad SMARTS) is 1. The summed E-state index contributed by atoms with van der Waals surface area (Å²) in [4.78, 5) is 10.5. The number of nitriles is 1. The number of nitrogens with zero attached hydrogens (tertiary/aromatic N) is 1. The SMILES string of the molecule is COc1ccccc1/C=C(\C#N)C(=O)[O-]. The van der Waals surface area contributed by atoms with Crippen molar-refractivity contribution in [2.24, 2.45) is 0 Å². The van der Waals surface area contributed by atoms with Crippen LogP contribution in [-0.2, 0) is 4.79 Å². The summed E-state index contributed by atoms with van der Waals surface area (Å²) in [5, 5.41) is 19.0. The van der Waals surface area contributed by atoms with Crippen LogP contribution < -0.4 is 9.84 Å². The zero-order valence-electron chi connectivity index (χ0n) is 8.06.